The first-order chi connectivity index (χ1) is 11.1. The van der Waals surface area contributed by atoms with Gasteiger partial charge in [0.1, 0.15) is 17.3 Å². The number of carbonyl (C=O) groups is 1. The zero-order valence-corrected chi connectivity index (χ0v) is 16.0. The van der Waals surface area contributed by atoms with Gasteiger partial charge in [0.2, 0.25) is 0 Å². The van der Waals surface area contributed by atoms with E-state index < -0.39 is 5.97 Å². The third-order valence-corrected chi connectivity index (χ3v) is 5.93. The standard InChI is InChI=1S/C16H35O2S.C2H4O2/c1-2-3-4-5-6-7-8-9-10-11-14-19(15-12-17)16-13-18;1-2(3)4/h17-18H,2-16H2,1H3;1H3,(H,3,4)/q+1;/p-1. The van der Waals surface area contributed by atoms with Crippen LogP contribution < -0.4 is 5.11 Å². The first-order valence-electron chi connectivity index (χ1n) is 9.11. The second kappa shape index (κ2) is 21.7. The minimum absolute atomic E-state index is 0.263. The first kappa shape index (κ1) is 25.0. The molecule has 0 aliphatic heterocycles. The minimum atomic E-state index is -1.08. The lowest BCUT2D eigenvalue weighted by molar-refractivity contribution is -0.302. The summed E-state index contributed by atoms with van der Waals surface area (Å²) in [5, 5.41) is 26.8. The van der Waals surface area contributed by atoms with E-state index in [0.717, 1.165) is 18.4 Å². The summed E-state index contributed by atoms with van der Waals surface area (Å²) in [5.74, 6) is 1.90. The lowest BCUT2D eigenvalue weighted by atomic mass is 10.1. The number of hydrogen-bond donors (Lipinski definition) is 2. The van der Waals surface area contributed by atoms with Crippen molar-refractivity contribution in [2.24, 2.45) is 0 Å². The molecule has 140 valence electrons. The Bertz CT molecular complexity index is 227. The molecule has 4 nitrogen and oxygen atoms in total. The van der Waals surface area contributed by atoms with E-state index in [1.807, 2.05) is 0 Å². The summed E-state index contributed by atoms with van der Waals surface area (Å²) in [6, 6.07) is 0. The number of carbonyl (C=O) groups excluding carboxylic acids is 1. The van der Waals surface area contributed by atoms with E-state index in [2.05, 4.69) is 6.92 Å². The van der Waals surface area contributed by atoms with E-state index in [1.165, 1.54) is 70.0 Å². The van der Waals surface area contributed by atoms with E-state index in [4.69, 9.17) is 20.1 Å². The predicted molar refractivity (Wildman–Crippen MR) is 98.7 cm³/mol. The summed E-state index contributed by atoms with van der Waals surface area (Å²) in [6.45, 7) is 3.79. The molecule has 0 fully saturated rings. The molecule has 0 saturated carbocycles. The van der Waals surface area contributed by atoms with Gasteiger partial charge in [0.05, 0.1) is 13.2 Å². The molecule has 23 heavy (non-hydrogen) atoms. The lowest BCUT2D eigenvalue weighted by Gasteiger charge is -2.06. The molecule has 0 aromatic rings. The molecule has 0 unspecified atom stereocenters. The van der Waals surface area contributed by atoms with Crippen LogP contribution >= 0.6 is 0 Å². The van der Waals surface area contributed by atoms with Crippen LogP contribution in [0.4, 0.5) is 0 Å². The number of rotatable bonds is 15. The smallest absolute Gasteiger partial charge is 0.131 e. The second-order valence-electron chi connectivity index (χ2n) is 5.85. The monoisotopic (exact) mass is 350 g/mol. The number of carboxylic acids is 1. The average molecular weight is 351 g/mol. The van der Waals surface area contributed by atoms with E-state index in [9.17, 15) is 0 Å². The van der Waals surface area contributed by atoms with Crippen LogP contribution in [-0.2, 0) is 15.7 Å². The third kappa shape index (κ3) is 26.9. The lowest BCUT2D eigenvalue weighted by Crippen LogP contribution is -2.20. The van der Waals surface area contributed by atoms with E-state index in [-0.39, 0.29) is 24.1 Å². The maximum atomic E-state index is 8.95. The number of aliphatic hydroxyl groups is 2. The molecule has 0 heterocycles. The molecule has 0 aliphatic carbocycles. The van der Waals surface area contributed by atoms with Crippen LogP contribution in [0.1, 0.15) is 78.1 Å². The first-order valence-corrected chi connectivity index (χ1v) is 10.8. The predicted octanol–water partition coefficient (Wildman–Crippen LogP) is 2.27. The van der Waals surface area contributed by atoms with Crippen LogP contribution in [0.15, 0.2) is 0 Å². The van der Waals surface area contributed by atoms with Crippen LogP contribution in [0.2, 0.25) is 0 Å². The summed E-state index contributed by atoms with van der Waals surface area (Å²) in [6.07, 6.45) is 13.8. The van der Waals surface area contributed by atoms with Gasteiger partial charge in [-0.05, 0) is 30.7 Å². The Morgan fingerprint density at radius 2 is 1.13 bits per heavy atom. The fraction of sp³-hybridized carbons (Fsp3) is 0.944. The highest BCUT2D eigenvalue weighted by molar-refractivity contribution is 7.96. The molecule has 0 aliphatic rings. The molecule has 2 N–H and O–H groups in total. The molecular weight excluding hydrogens is 312 g/mol. The quantitative estimate of drug-likeness (QED) is 0.351. The van der Waals surface area contributed by atoms with Crippen molar-refractivity contribution in [1.29, 1.82) is 0 Å². The van der Waals surface area contributed by atoms with Gasteiger partial charge in [0, 0.05) is 5.97 Å². The summed E-state index contributed by atoms with van der Waals surface area (Å²) < 4.78 is 0. The van der Waals surface area contributed by atoms with Crippen molar-refractivity contribution in [2.75, 3.05) is 30.5 Å². The highest BCUT2D eigenvalue weighted by Gasteiger charge is 2.15. The second-order valence-corrected chi connectivity index (χ2v) is 8.30. The van der Waals surface area contributed by atoms with Crippen LogP contribution in [-0.4, -0.2) is 46.7 Å². The van der Waals surface area contributed by atoms with E-state index in [1.54, 1.807) is 0 Å². The molecule has 0 rings (SSSR count). The van der Waals surface area contributed by atoms with Gasteiger partial charge in [0.25, 0.3) is 0 Å². The number of aliphatic hydroxyl groups excluding tert-OH is 2. The number of aliphatic carboxylic acids is 1. The molecule has 0 spiro atoms. The zero-order valence-electron chi connectivity index (χ0n) is 15.2. The zero-order chi connectivity index (χ0) is 17.8. The van der Waals surface area contributed by atoms with Gasteiger partial charge in [0.15, 0.2) is 0 Å². The van der Waals surface area contributed by atoms with E-state index >= 15 is 0 Å². The number of hydrogen-bond acceptors (Lipinski definition) is 4. The Balaban J connectivity index is 0. The SMILES string of the molecule is CC(=O)[O-].CCCCCCCCCCCC[S+](CCO)CCO. The summed E-state index contributed by atoms with van der Waals surface area (Å²) in [5.41, 5.74) is 0. The molecule has 0 aromatic carbocycles. The van der Waals surface area contributed by atoms with Crippen LogP contribution in [0.5, 0.6) is 0 Å². The Morgan fingerprint density at radius 1 is 0.783 bits per heavy atom. The Labute approximate surface area is 146 Å². The molecular formula is C18H38O4S. The van der Waals surface area contributed by atoms with Gasteiger partial charge in [-0.25, -0.2) is 0 Å². The number of unbranched alkanes of at least 4 members (excludes halogenated alkanes) is 9. The molecule has 0 aromatic heterocycles. The van der Waals surface area contributed by atoms with Crippen molar-refractivity contribution in [1.82, 2.24) is 0 Å². The highest BCUT2D eigenvalue weighted by atomic mass is 32.2. The fourth-order valence-corrected chi connectivity index (χ4v) is 4.10. The van der Waals surface area contributed by atoms with Gasteiger partial charge in [-0.3, -0.25) is 0 Å². The van der Waals surface area contributed by atoms with E-state index in [0.29, 0.717) is 0 Å². The van der Waals surface area contributed by atoms with Crippen molar-refractivity contribution >= 4 is 16.9 Å². The third-order valence-electron chi connectivity index (χ3n) is 3.55. The average Bonchev–Trinajstić information content (AvgIpc) is 2.49. The molecule has 0 bridgehead atoms. The maximum absolute atomic E-state index is 8.95. The highest BCUT2D eigenvalue weighted by Crippen LogP contribution is 2.11. The largest absolute Gasteiger partial charge is 0.550 e. The van der Waals surface area contributed by atoms with Crippen molar-refractivity contribution in [3.63, 3.8) is 0 Å². The maximum Gasteiger partial charge on any atom is 0.131 e. The normalized spacial score (nSPS) is 10.5. The van der Waals surface area contributed by atoms with Gasteiger partial charge >= 0.3 is 0 Å². The molecule has 0 amide bonds. The van der Waals surface area contributed by atoms with Gasteiger partial charge in [-0.1, -0.05) is 58.3 Å². The molecule has 0 atom stereocenters. The van der Waals surface area contributed by atoms with Crippen LogP contribution in [0.3, 0.4) is 0 Å². The molecule has 0 radical (unpaired) electrons. The summed E-state index contributed by atoms with van der Waals surface area (Å²) in [7, 11) is 0.263. The van der Waals surface area contributed by atoms with Gasteiger partial charge in [-0.2, -0.15) is 0 Å². The van der Waals surface area contributed by atoms with Crippen molar-refractivity contribution in [2.45, 2.75) is 78.1 Å². The fourth-order valence-electron chi connectivity index (χ4n) is 2.36. The van der Waals surface area contributed by atoms with Crippen molar-refractivity contribution < 1.29 is 20.1 Å². The van der Waals surface area contributed by atoms with Gasteiger partial charge < -0.3 is 20.1 Å². The Hall–Kier alpha value is -0.260. The minimum Gasteiger partial charge on any atom is -0.550 e. The van der Waals surface area contributed by atoms with Crippen LogP contribution in [0.25, 0.3) is 0 Å². The summed E-state index contributed by atoms with van der Waals surface area (Å²) >= 11 is 0. The van der Waals surface area contributed by atoms with Crippen LogP contribution in [0, 0.1) is 0 Å². The topological polar surface area (TPSA) is 80.6 Å². The molecule has 5 heteroatoms. The van der Waals surface area contributed by atoms with Gasteiger partial charge in [-0.15, -0.1) is 0 Å². The Morgan fingerprint density at radius 3 is 1.48 bits per heavy atom. The summed E-state index contributed by atoms with van der Waals surface area (Å²) in [4.78, 5) is 8.89. The molecule has 0 saturated heterocycles. The Kier molecular flexibility index (Phi) is 23.6. The van der Waals surface area contributed by atoms with Crippen molar-refractivity contribution in [3.8, 4) is 0 Å². The number of carboxylic acid groups (broad SMARTS) is 1. The van der Waals surface area contributed by atoms with Crippen molar-refractivity contribution in [3.05, 3.63) is 0 Å².